The van der Waals surface area contributed by atoms with Gasteiger partial charge in [0.05, 0.1) is 5.75 Å². The van der Waals surface area contributed by atoms with E-state index < -0.39 is 0 Å². The van der Waals surface area contributed by atoms with Crippen LogP contribution in [0.3, 0.4) is 0 Å². The number of hydrogen-bond acceptors (Lipinski definition) is 2. The number of benzene rings is 2. The predicted octanol–water partition coefficient (Wildman–Crippen LogP) is 4.24. The van der Waals surface area contributed by atoms with Crippen molar-refractivity contribution in [1.29, 1.82) is 0 Å². The lowest BCUT2D eigenvalue weighted by Crippen LogP contribution is -2.05. The molecule has 2 aromatic carbocycles. The molecular formula is C15H13ClOS. The molecule has 0 amide bonds. The van der Waals surface area contributed by atoms with Crippen LogP contribution in [0.25, 0.3) is 0 Å². The lowest BCUT2D eigenvalue weighted by molar-refractivity contribution is -0.116. The zero-order chi connectivity index (χ0) is 12.8. The van der Waals surface area contributed by atoms with E-state index in [1.165, 1.54) is 0 Å². The minimum Gasteiger partial charge on any atom is -0.298 e. The van der Waals surface area contributed by atoms with Crippen molar-refractivity contribution in [2.24, 2.45) is 0 Å². The molecular weight excluding hydrogens is 264 g/mol. The van der Waals surface area contributed by atoms with Crippen LogP contribution in [-0.2, 0) is 11.2 Å². The van der Waals surface area contributed by atoms with Crippen LogP contribution in [0, 0.1) is 0 Å². The highest BCUT2D eigenvalue weighted by atomic mass is 35.5. The fraction of sp³-hybridized carbons (Fsp3) is 0.133. The summed E-state index contributed by atoms with van der Waals surface area (Å²) in [6, 6.07) is 17.4. The molecule has 0 radical (unpaired) electrons. The Morgan fingerprint density at radius 1 is 1.00 bits per heavy atom. The Morgan fingerprint density at radius 2 is 1.67 bits per heavy atom. The first-order valence-corrected chi connectivity index (χ1v) is 7.04. The van der Waals surface area contributed by atoms with Gasteiger partial charge < -0.3 is 0 Å². The van der Waals surface area contributed by atoms with Gasteiger partial charge >= 0.3 is 0 Å². The van der Waals surface area contributed by atoms with E-state index >= 15 is 0 Å². The lowest BCUT2D eigenvalue weighted by atomic mass is 10.1. The highest BCUT2D eigenvalue weighted by Crippen LogP contribution is 2.18. The van der Waals surface area contributed by atoms with Crippen LogP contribution in [0.1, 0.15) is 5.56 Å². The summed E-state index contributed by atoms with van der Waals surface area (Å²) in [6.07, 6.45) is 0.469. The molecule has 0 spiro atoms. The van der Waals surface area contributed by atoms with E-state index in [0.717, 1.165) is 10.5 Å². The Hall–Kier alpha value is -1.25. The molecule has 2 aromatic rings. The van der Waals surface area contributed by atoms with Crippen LogP contribution >= 0.6 is 23.4 Å². The van der Waals surface area contributed by atoms with E-state index in [1.807, 2.05) is 54.6 Å². The van der Waals surface area contributed by atoms with Gasteiger partial charge in [-0.25, -0.2) is 0 Å². The molecule has 0 aliphatic heterocycles. The second-order valence-corrected chi connectivity index (χ2v) is 5.43. The van der Waals surface area contributed by atoms with Crippen LogP contribution in [-0.4, -0.2) is 11.5 Å². The standard InChI is InChI=1S/C15H13ClOS/c16-13-8-6-12(7-9-13)10-14(17)11-18-15-4-2-1-3-5-15/h1-9H,10-11H2. The summed E-state index contributed by atoms with van der Waals surface area (Å²) in [4.78, 5) is 12.9. The first-order chi connectivity index (χ1) is 8.74. The van der Waals surface area contributed by atoms with Crippen LogP contribution in [0.5, 0.6) is 0 Å². The third kappa shape index (κ3) is 4.21. The summed E-state index contributed by atoms with van der Waals surface area (Å²) in [5, 5.41) is 0.699. The fourth-order valence-electron chi connectivity index (χ4n) is 1.56. The number of Topliss-reactive ketones (excluding diaryl/α,β-unsaturated/α-hetero) is 1. The molecule has 0 fully saturated rings. The van der Waals surface area contributed by atoms with Gasteiger partial charge in [0.25, 0.3) is 0 Å². The molecule has 0 saturated carbocycles. The summed E-state index contributed by atoms with van der Waals surface area (Å²) < 4.78 is 0. The highest BCUT2D eigenvalue weighted by Gasteiger charge is 2.04. The van der Waals surface area contributed by atoms with Crippen LogP contribution < -0.4 is 0 Å². The maximum Gasteiger partial charge on any atom is 0.147 e. The van der Waals surface area contributed by atoms with Gasteiger partial charge in [0.1, 0.15) is 5.78 Å². The number of ketones is 1. The molecule has 0 saturated heterocycles. The Morgan fingerprint density at radius 3 is 2.33 bits per heavy atom. The summed E-state index contributed by atoms with van der Waals surface area (Å²) in [6.45, 7) is 0. The van der Waals surface area contributed by atoms with Gasteiger partial charge in [-0.05, 0) is 29.8 Å². The molecule has 1 nitrogen and oxygen atoms in total. The second-order valence-electron chi connectivity index (χ2n) is 3.94. The summed E-state index contributed by atoms with van der Waals surface area (Å²) >= 11 is 7.38. The number of halogens is 1. The van der Waals surface area contributed by atoms with Gasteiger partial charge in [-0.15, -0.1) is 11.8 Å². The van der Waals surface area contributed by atoms with Crippen molar-refractivity contribution in [3.8, 4) is 0 Å². The smallest absolute Gasteiger partial charge is 0.147 e. The summed E-state index contributed by atoms with van der Waals surface area (Å²) in [7, 11) is 0. The highest BCUT2D eigenvalue weighted by molar-refractivity contribution is 8.00. The SMILES string of the molecule is O=C(CSc1ccccc1)Cc1ccc(Cl)cc1. The van der Waals surface area contributed by atoms with Crippen LogP contribution in [0.15, 0.2) is 59.5 Å². The van der Waals surface area contributed by atoms with E-state index in [4.69, 9.17) is 11.6 Å². The van der Waals surface area contributed by atoms with Gasteiger partial charge in [-0.1, -0.05) is 41.9 Å². The number of carbonyl (C=O) groups is 1. The van der Waals surface area contributed by atoms with Crippen molar-refractivity contribution in [3.63, 3.8) is 0 Å². The third-order valence-corrected chi connectivity index (χ3v) is 3.78. The Balaban J connectivity index is 1.84. The van der Waals surface area contributed by atoms with Crippen LogP contribution in [0.2, 0.25) is 5.02 Å². The average Bonchev–Trinajstić information content (AvgIpc) is 2.40. The Bertz CT molecular complexity index is 508. The van der Waals surface area contributed by atoms with E-state index in [9.17, 15) is 4.79 Å². The van der Waals surface area contributed by atoms with Gasteiger partial charge in [0.2, 0.25) is 0 Å². The topological polar surface area (TPSA) is 17.1 Å². The second kappa shape index (κ2) is 6.62. The van der Waals surface area contributed by atoms with Gasteiger partial charge in [0, 0.05) is 16.3 Å². The van der Waals surface area contributed by atoms with Crippen molar-refractivity contribution < 1.29 is 4.79 Å². The largest absolute Gasteiger partial charge is 0.298 e. The third-order valence-electron chi connectivity index (χ3n) is 2.46. The van der Waals surface area contributed by atoms with E-state index in [-0.39, 0.29) is 5.78 Å². The molecule has 92 valence electrons. The summed E-state index contributed by atoms with van der Waals surface area (Å²) in [5.41, 5.74) is 1.01. The summed E-state index contributed by atoms with van der Waals surface area (Å²) in [5.74, 6) is 0.735. The zero-order valence-corrected chi connectivity index (χ0v) is 11.4. The monoisotopic (exact) mass is 276 g/mol. The normalized spacial score (nSPS) is 10.3. The fourth-order valence-corrected chi connectivity index (χ4v) is 2.47. The van der Waals surface area contributed by atoms with Gasteiger partial charge in [0.15, 0.2) is 0 Å². The Kier molecular flexibility index (Phi) is 4.85. The molecule has 2 rings (SSSR count). The Labute approximate surface area is 116 Å². The van der Waals surface area contributed by atoms with Crippen molar-refractivity contribution in [2.45, 2.75) is 11.3 Å². The average molecular weight is 277 g/mol. The molecule has 0 aliphatic rings. The quantitative estimate of drug-likeness (QED) is 0.760. The molecule has 0 atom stereocenters. The van der Waals surface area contributed by atoms with Crippen molar-refractivity contribution in [2.75, 3.05) is 5.75 Å². The number of carbonyl (C=O) groups excluding carboxylic acids is 1. The molecule has 0 bridgehead atoms. The van der Waals surface area contributed by atoms with E-state index in [1.54, 1.807) is 11.8 Å². The first-order valence-electron chi connectivity index (χ1n) is 5.68. The van der Waals surface area contributed by atoms with Crippen molar-refractivity contribution in [3.05, 3.63) is 65.2 Å². The van der Waals surface area contributed by atoms with E-state index in [2.05, 4.69) is 0 Å². The molecule has 0 unspecified atom stereocenters. The van der Waals surface area contributed by atoms with Crippen molar-refractivity contribution >= 4 is 29.1 Å². The van der Waals surface area contributed by atoms with Gasteiger partial charge in [-0.3, -0.25) is 4.79 Å². The maximum atomic E-state index is 11.8. The molecule has 0 heterocycles. The van der Waals surface area contributed by atoms with Crippen molar-refractivity contribution in [1.82, 2.24) is 0 Å². The molecule has 18 heavy (non-hydrogen) atoms. The molecule has 3 heteroatoms. The first kappa shape index (κ1) is 13.2. The molecule has 0 N–H and O–H groups in total. The maximum absolute atomic E-state index is 11.8. The zero-order valence-electron chi connectivity index (χ0n) is 9.80. The minimum atomic E-state index is 0.228. The molecule has 0 aliphatic carbocycles. The minimum absolute atomic E-state index is 0.228. The lowest BCUT2D eigenvalue weighted by Gasteiger charge is -2.02. The van der Waals surface area contributed by atoms with Crippen LogP contribution in [0.4, 0.5) is 0 Å². The number of thioether (sulfide) groups is 1. The number of rotatable bonds is 5. The van der Waals surface area contributed by atoms with E-state index in [0.29, 0.717) is 17.2 Å². The molecule has 0 aromatic heterocycles. The number of hydrogen-bond donors (Lipinski definition) is 0. The van der Waals surface area contributed by atoms with Gasteiger partial charge in [-0.2, -0.15) is 0 Å². The predicted molar refractivity (Wildman–Crippen MR) is 77.3 cm³/mol.